The van der Waals surface area contributed by atoms with Crippen LogP contribution in [-0.4, -0.2) is 56.5 Å². The quantitative estimate of drug-likeness (QED) is 0.296. The van der Waals surface area contributed by atoms with Crippen molar-refractivity contribution >= 4 is 5.84 Å². The molecule has 118 valence electrons. The van der Waals surface area contributed by atoms with Gasteiger partial charge in [-0.25, -0.2) is 0 Å². The Bertz CT molecular complexity index is 404. The molecule has 21 heavy (non-hydrogen) atoms. The van der Waals surface area contributed by atoms with E-state index in [2.05, 4.69) is 10.1 Å². The Kier molecular flexibility index (Phi) is 8.42. The van der Waals surface area contributed by atoms with Crippen LogP contribution in [0.2, 0.25) is 0 Å². The minimum absolute atomic E-state index is 0.0207. The van der Waals surface area contributed by atoms with Crippen LogP contribution in [0.4, 0.5) is 0 Å². The molecule has 0 spiro atoms. The van der Waals surface area contributed by atoms with Crippen LogP contribution in [0, 0.1) is 0 Å². The Hall–Kier alpha value is -1.63. The Morgan fingerprint density at radius 2 is 1.76 bits per heavy atom. The standard InChI is InChI=1S/C15H25N3O3/c1-20-10-8-18(9-11-21-2)14(12-15(16)17-19)13-6-4-3-5-7-13/h3-7,14,19H,8-12H2,1-2H3,(H2,16,17). The van der Waals surface area contributed by atoms with Gasteiger partial charge in [0.2, 0.25) is 0 Å². The van der Waals surface area contributed by atoms with Crippen LogP contribution in [0.1, 0.15) is 18.0 Å². The van der Waals surface area contributed by atoms with E-state index < -0.39 is 0 Å². The molecule has 0 aliphatic rings. The first-order valence-electron chi connectivity index (χ1n) is 6.96. The number of benzene rings is 1. The highest BCUT2D eigenvalue weighted by atomic mass is 16.5. The summed E-state index contributed by atoms with van der Waals surface area (Å²) in [5, 5.41) is 12.0. The van der Waals surface area contributed by atoms with Crippen LogP contribution in [-0.2, 0) is 9.47 Å². The summed E-state index contributed by atoms with van der Waals surface area (Å²) in [6.07, 6.45) is 0.452. The molecule has 0 saturated heterocycles. The zero-order valence-corrected chi connectivity index (χ0v) is 12.7. The predicted octanol–water partition coefficient (Wildman–Crippen LogP) is 1.46. The Labute approximate surface area is 126 Å². The maximum absolute atomic E-state index is 8.86. The van der Waals surface area contributed by atoms with E-state index in [9.17, 15) is 0 Å². The summed E-state index contributed by atoms with van der Waals surface area (Å²) in [6.45, 7) is 2.72. The van der Waals surface area contributed by atoms with E-state index in [0.717, 1.165) is 18.7 Å². The van der Waals surface area contributed by atoms with Crippen molar-refractivity contribution in [2.24, 2.45) is 10.9 Å². The maximum Gasteiger partial charge on any atom is 0.141 e. The SMILES string of the molecule is COCCN(CCOC)C(CC(N)=NO)c1ccccc1. The van der Waals surface area contributed by atoms with Gasteiger partial charge in [0.1, 0.15) is 5.84 Å². The summed E-state index contributed by atoms with van der Waals surface area (Å²) in [7, 11) is 3.35. The molecule has 0 aliphatic carbocycles. The maximum atomic E-state index is 8.86. The third kappa shape index (κ3) is 6.12. The monoisotopic (exact) mass is 295 g/mol. The molecule has 0 aromatic heterocycles. The zero-order chi connectivity index (χ0) is 15.5. The molecule has 0 heterocycles. The van der Waals surface area contributed by atoms with Crippen molar-refractivity contribution in [3.8, 4) is 0 Å². The van der Waals surface area contributed by atoms with Crippen LogP contribution in [0.5, 0.6) is 0 Å². The molecule has 0 aliphatic heterocycles. The number of amidine groups is 1. The highest BCUT2D eigenvalue weighted by Crippen LogP contribution is 2.24. The molecule has 1 atom stereocenters. The molecule has 6 nitrogen and oxygen atoms in total. The van der Waals surface area contributed by atoms with Gasteiger partial charge < -0.3 is 20.4 Å². The van der Waals surface area contributed by atoms with Crippen molar-refractivity contribution in [2.75, 3.05) is 40.5 Å². The van der Waals surface area contributed by atoms with Crippen molar-refractivity contribution in [3.05, 3.63) is 35.9 Å². The second-order valence-electron chi connectivity index (χ2n) is 4.74. The average Bonchev–Trinajstić information content (AvgIpc) is 2.54. The summed E-state index contributed by atoms with van der Waals surface area (Å²) in [5.41, 5.74) is 6.84. The highest BCUT2D eigenvalue weighted by Gasteiger charge is 2.21. The largest absolute Gasteiger partial charge is 0.409 e. The van der Waals surface area contributed by atoms with Gasteiger partial charge in [-0.3, -0.25) is 4.90 Å². The molecular formula is C15H25N3O3. The number of hydrogen-bond donors (Lipinski definition) is 2. The molecule has 0 saturated carbocycles. The van der Waals surface area contributed by atoms with Crippen LogP contribution >= 0.6 is 0 Å². The van der Waals surface area contributed by atoms with Gasteiger partial charge in [-0.05, 0) is 5.56 Å². The zero-order valence-electron chi connectivity index (χ0n) is 12.7. The van der Waals surface area contributed by atoms with E-state index in [1.807, 2.05) is 30.3 Å². The molecule has 0 bridgehead atoms. The average molecular weight is 295 g/mol. The minimum Gasteiger partial charge on any atom is -0.409 e. The Morgan fingerprint density at radius 1 is 1.19 bits per heavy atom. The van der Waals surface area contributed by atoms with Gasteiger partial charge in [-0.15, -0.1) is 0 Å². The fourth-order valence-electron chi connectivity index (χ4n) is 2.21. The van der Waals surface area contributed by atoms with Crippen LogP contribution in [0.25, 0.3) is 0 Å². The lowest BCUT2D eigenvalue weighted by Gasteiger charge is -2.31. The third-order valence-corrected chi connectivity index (χ3v) is 3.32. The van der Waals surface area contributed by atoms with E-state index in [1.165, 1.54) is 0 Å². The Balaban J connectivity index is 2.93. The smallest absolute Gasteiger partial charge is 0.141 e. The van der Waals surface area contributed by atoms with Gasteiger partial charge in [-0.1, -0.05) is 35.5 Å². The van der Waals surface area contributed by atoms with E-state index in [0.29, 0.717) is 19.6 Å². The van der Waals surface area contributed by atoms with E-state index in [1.54, 1.807) is 14.2 Å². The first-order chi connectivity index (χ1) is 10.2. The molecule has 6 heteroatoms. The third-order valence-electron chi connectivity index (χ3n) is 3.32. The second kappa shape index (κ2) is 10.1. The first-order valence-corrected chi connectivity index (χ1v) is 6.96. The number of nitrogens with zero attached hydrogens (tertiary/aromatic N) is 2. The van der Waals surface area contributed by atoms with Crippen molar-refractivity contribution in [1.29, 1.82) is 0 Å². The molecular weight excluding hydrogens is 270 g/mol. The number of hydrogen-bond acceptors (Lipinski definition) is 5. The topological polar surface area (TPSA) is 80.3 Å². The van der Waals surface area contributed by atoms with Crippen LogP contribution in [0.3, 0.4) is 0 Å². The van der Waals surface area contributed by atoms with Crippen molar-refractivity contribution in [3.63, 3.8) is 0 Å². The first kappa shape index (κ1) is 17.4. The summed E-state index contributed by atoms with van der Waals surface area (Å²) in [6, 6.07) is 10.0. The van der Waals surface area contributed by atoms with Gasteiger partial charge in [0.05, 0.1) is 13.2 Å². The minimum atomic E-state index is 0.0207. The molecule has 1 aromatic carbocycles. The van der Waals surface area contributed by atoms with Gasteiger partial charge in [0, 0.05) is 39.8 Å². The number of ether oxygens (including phenoxy) is 2. The number of oxime groups is 1. The predicted molar refractivity (Wildman–Crippen MR) is 82.5 cm³/mol. The van der Waals surface area contributed by atoms with Crippen LogP contribution in [0.15, 0.2) is 35.5 Å². The van der Waals surface area contributed by atoms with Gasteiger partial charge in [0.15, 0.2) is 0 Å². The van der Waals surface area contributed by atoms with E-state index in [4.69, 9.17) is 20.4 Å². The second-order valence-corrected chi connectivity index (χ2v) is 4.74. The van der Waals surface area contributed by atoms with Gasteiger partial charge in [0.25, 0.3) is 0 Å². The Morgan fingerprint density at radius 3 is 2.24 bits per heavy atom. The lowest BCUT2D eigenvalue weighted by molar-refractivity contribution is 0.0884. The lowest BCUT2D eigenvalue weighted by atomic mass is 10.0. The lowest BCUT2D eigenvalue weighted by Crippen LogP contribution is -2.36. The number of methoxy groups -OCH3 is 2. The van der Waals surface area contributed by atoms with E-state index in [-0.39, 0.29) is 11.9 Å². The summed E-state index contributed by atoms with van der Waals surface area (Å²) >= 11 is 0. The fraction of sp³-hybridized carbons (Fsp3) is 0.533. The number of rotatable bonds is 10. The molecule has 0 amide bonds. The molecule has 1 aromatic rings. The molecule has 0 radical (unpaired) electrons. The summed E-state index contributed by atoms with van der Waals surface area (Å²) in [4.78, 5) is 2.22. The molecule has 1 rings (SSSR count). The van der Waals surface area contributed by atoms with Gasteiger partial charge in [-0.2, -0.15) is 0 Å². The van der Waals surface area contributed by atoms with E-state index >= 15 is 0 Å². The fourth-order valence-corrected chi connectivity index (χ4v) is 2.21. The normalized spacial score (nSPS) is 13.6. The number of nitrogens with two attached hydrogens (primary N) is 1. The van der Waals surface area contributed by atoms with Crippen molar-refractivity contribution in [2.45, 2.75) is 12.5 Å². The molecule has 0 fully saturated rings. The van der Waals surface area contributed by atoms with Crippen molar-refractivity contribution in [1.82, 2.24) is 4.90 Å². The summed E-state index contributed by atoms with van der Waals surface area (Å²) < 4.78 is 10.4. The van der Waals surface area contributed by atoms with Crippen LogP contribution < -0.4 is 5.73 Å². The highest BCUT2D eigenvalue weighted by molar-refractivity contribution is 5.80. The van der Waals surface area contributed by atoms with Gasteiger partial charge >= 0.3 is 0 Å². The van der Waals surface area contributed by atoms with Crippen molar-refractivity contribution < 1.29 is 14.7 Å². The summed E-state index contributed by atoms with van der Waals surface area (Å²) in [5.74, 6) is 0.212. The molecule has 3 N–H and O–H groups in total. The molecule has 1 unspecified atom stereocenters.